The van der Waals surface area contributed by atoms with Gasteiger partial charge in [0.1, 0.15) is 5.82 Å². The number of carbonyl (C=O) groups excluding carboxylic acids is 1. The minimum Gasteiger partial charge on any atom is -0.326 e. The Balaban J connectivity index is 1.70. The Morgan fingerprint density at radius 2 is 1.80 bits per heavy atom. The predicted molar refractivity (Wildman–Crippen MR) is 93.6 cm³/mol. The molecule has 0 fully saturated rings. The van der Waals surface area contributed by atoms with Gasteiger partial charge in [0.2, 0.25) is 5.91 Å². The van der Waals surface area contributed by atoms with Gasteiger partial charge in [-0.2, -0.15) is 5.10 Å². The quantitative estimate of drug-likeness (QED) is 0.796. The van der Waals surface area contributed by atoms with E-state index in [1.165, 1.54) is 16.8 Å². The van der Waals surface area contributed by atoms with E-state index in [0.717, 1.165) is 5.56 Å². The molecule has 3 rings (SSSR count). The second-order valence-corrected chi connectivity index (χ2v) is 5.57. The summed E-state index contributed by atoms with van der Waals surface area (Å²) in [6.07, 6.45) is -0.0310. The van der Waals surface area contributed by atoms with Gasteiger partial charge in [-0.1, -0.05) is 30.3 Å². The standard InChI is InChI=1S/C19H16FN3O2/c1-23-19(25)11-10-17(22-23)13-6-8-15(9-7-13)21-18(24)12-14-4-2-3-5-16(14)20/h2-11H,12H2,1H3,(H,21,24). The maximum atomic E-state index is 13.6. The summed E-state index contributed by atoms with van der Waals surface area (Å²) in [7, 11) is 1.59. The lowest BCUT2D eigenvalue weighted by Crippen LogP contribution is -2.18. The van der Waals surface area contributed by atoms with Crippen LogP contribution in [0.4, 0.5) is 10.1 Å². The molecule has 5 nitrogen and oxygen atoms in total. The lowest BCUT2D eigenvalue weighted by molar-refractivity contribution is -0.115. The fourth-order valence-corrected chi connectivity index (χ4v) is 2.40. The molecule has 2 aromatic carbocycles. The van der Waals surface area contributed by atoms with Crippen LogP contribution in [0, 0.1) is 5.82 Å². The molecule has 1 heterocycles. The Hall–Kier alpha value is -3.28. The number of anilines is 1. The van der Waals surface area contributed by atoms with Crippen LogP contribution in [-0.4, -0.2) is 15.7 Å². The lowest BCUT2D eigenvalue weighted by atomic mass is 10.1. The highest BCUT2D eigenvalue weighted by molar-refractivity contribution is 5.92. The summed E-state index contributed by atoms with van der Waals surface area (Å²) in [5, 5.41) is 6.91. The van der Waals surface area contributed by atoms with Crippen molar-refractivity contribution in [2.75, 3.05) is 5.32 Å². The van der Waals surface area contributed by atoms with Gasteiger partial charge in [-0.25, -0.2) is 9.07 Å². The van der Waals surface area contributed by atoms with Crippen LogP contribution in [0.2, 0.25) is 0 Å². The first-order chi connectivity index (χ1) is 12.0. The average Bonchev–Trinajstić information content (AvgIpc) is 2.60. The number of hydrogen-bond acceptors (Lipinski definition) is 3. The first-order valence-corrected chi connectivity index (χ1v) is 7.71. The molecule has 0 bridgehead atoms. The van der Waals surface area contributed by atoms with Crippen molar-refractivity contribution >= 4 is 11.6 Å². The molecule has 0 aliphatic heterocycles. The highest BCUT2D eigenvalue weighted by atomic mass is 19.1. The van der Waals surface area contributed by atoms with Crippen molar-refractivity contribution in [3.63, 3.8) is 0 Å². The van der Waals surface area contributed by atoms with E-state index in [1.807, 2.05) is 0 Å². The van der Waals surface area contributed by atoms with Crippen molar-refractivity contribution in [3.05, 3.63) is 82.4 Å². The summed E-state index contributed by atoms with van der Waals surface area (Å²) in [4.78, 5) is 23.4. The van der Waals surface area contributed by atoms with Gasteiger partial charge in [-0.15, -0.1) is 0 Å². The molecule has 0 spiro atoms. The summed E-state index contributed by atoms with van der Waals surface area (Å²) in [6.45, 7) is 0. The van der Waals surface area contributed by atoms with Crippen molar-refractivity contribution < 1.29 is 9.18 Å². The molecule has 0 unspecified atom stereocenters. The van der Waals surface area contributed by atoms with Crippen molar-refractivity contribution in [3.8, 4) is 11.3 Å². The Morgan fingerprint density at radius 1 is 1.08 bits per heavy atom. The molecule has 3 aromatic rings. The molecular weight excluding hydrogens is 321 g/mol. The van der Waals surface area contributed by atoms with Crippen molar-refractivity contribution in [2.24, 2.45) is 7.05 Å². The molecule has 1 aromatic heterocycles. The largest absolute Gasteiger partial charge is 0.326 e. The van der Waals surface area contributed by atoms with E-state index in [0.29, 0.717) is 16.9 Å². The number of nitrogens with one attached hydrogen (secondary N) is 1. The van der Waals surface area contributed by atoms with E-state index in [1.54, 1.807) is 55.6 Å². The Labute approximate surface area is 143 Å². The van der Waals surface area contributed by atoms with Crippen LogP contribution in [-0.2, 0) is 18.3 Å². The molecule has 0 saturated carbocycles. The number of carbonyl (C=O) groups is 1. The van der Waals surface area contributed by atoms with Gasteiger partial charge in [-0.3, -0.25) is 9.59 Å². The summed E-state index contributed by atoms with van der Waals surface area (Å²) >= 11 is 0. The highest BCUT2D eigenvalue weighted by Crippen LogP contribution is 2.19. The summed E-state index contributed by atoms with van der Waals surface area (Å²) in [5.41, 5.74) is 2.26. The molecule has 0 atom stereocenters. The van der Waals surface area contributed by atoms with Crippen LogP contribution < -0.4 is 10.9 Å². The summed E-state index contributed by atoms with van der Waals surface area (Å²) in [6, 6.07) is 16.4. The second kappa shape index (κ2) is 7.09. The predicted octanol–water partition coefficient (Wildman–Crippen LogP) is 2.77. The number of aryl methyl sites for hydroxylation is 1. The van der Waals surface area contributed by atoms with Crippen molar-refractivity contribution in [2.45, 2.75) is 6.42 Å². The third-order valence-corrected chi connectivity index (χ3v) is 3.73. The van der Waals surface area contributed by atoms with Gasteiger partial charge in [0.25, 0.3) is 5.56 Å². The van der Waals surface area contributed by atoms with E-state index in [9.17, 15) is 14.0 Å². The molecule has 1 amide bonds. The molecule has 1 N–H and O–H groups in total. The molecular formula is C19H16FN3O2. The highest BCUT2D eigenvalue weighted by Gasteiger charge is 2.08. The fourth-order valence-electron chi connectivity index (χ4n) is 2.40. The first kappa shape index (κ1) is 16.6. The van der Waals surface area contributed by atoms with Crippen molar-refractivity contribution in [1.82, 2.24) is 9.78 Å². The van der Waals surface area contributed by atoms with Crippen LogP contribution >= 0.6 is 0 Å². The smallest absolute Gasteiger partial charge is 0.266 e. The monoisotopic (exact) mass is 337 g/mol. The van der Waals surface area contributed by atoms with Gasteiger partial charge in [-0.05, 0) is 29.8 Å². The maximum absolute atomic E-state index is 13.6. The lowest BCUT2D eigenvalue weighted by Gasteiger charge is -2.07. The van der Waals surface area contributed by atoms with Gasteiger partial charge >= 0.3 is 0 Å². The number of hydrogen-bond donors (Lipinski definition) is 1. The fraction of sp³-hybridized carbons (Fsp3) is 0.105. The normalized spacial score (nSPS) is 10.5. The molecule has 0 saturated heterocycles. The number of benzene rings is 2. The van der Waals surface area contributed by atoms with E-state index in [4.69, 9.17) is 0 Å². The third kappa shape index (κ3) is 3.98. The zero-order valence-electron chi connectivity index (χ0n) is 13.6. The number of rotatable bonds is 4. The zero-order valence-corrected chi connectivity index (χ0v) is 13.6. The molecule has 0 aliphatic carbocycles. The van der Waals surface area contributed by atoms with Crippen LogP contribution in [0.15, 0.2) is 65.5 Å². The SMILES string of the molecule is Cn1nc(-c2ccc(NC(=O)Cc3ccccc3F)cc2)ccc1=O. The van der Waals surface area contributed by atoms with E-state index >= 15 is 0 Å². The molecule has 6 heteroatoms. The Bertz CT molecular complexity index is 965. The average molecular weight is 337 g/mol. The number of halogens is 1. The maximum Gasteiger partial charge on any atom is 0.266 e. The number of amides is 1. The molecule has 0 aliphatic rings. The van der Waals surface area contributed by atoms with Crippen LogP contribution in [0.1, 0.15) is 5.56 Å². The van der Waals surface area contributed by atoms with E-state index in [-0.39, 0.29) is 17.9 Å². The van der Waals surface area contributed by atoms with Crippen molar-refractivity contribution in [1.29, 1.82) is 0 Å². The van der Waals surface area contributed by atoms with Gasteiger partial charge in [0.05, 0.1) is 12.1 Å². The van der Waals surface area contributed by atoms with Gasteiger partial charge < -0.3 is 5.32 Å². The Kier molecular flexibility index (Phi) is 4.70. The second-order valence-electron chi connectivity index (χ2n) is 5.57. The van der Waals surface area contributed by atoms with Crippen LogP contribution in [0.3, 0.4) is 0 Å². The molecule has 25 heavy (non-hydrogen) atoms. The summed E-state index contributed by atoms with van der Waals surface area (Å²) < 4.78 is 14.8. The van der Waals surface area contributed by atoms with Crippen LogP contribution in [0.25, 0.3) is 11.3 Å². The molecule has 0 radical (unpaired) electrons. The third-order valence-electron chi connectivity index (χ3n) is 3.73. The van der Waals surface area contributed by atoms with Gasteiger partial charge in [0, 0.05) is 24.4 Å². The first-order valence-electron chi connectivity index (χ1n) is 7.71. The minimum atomic E-state index is -0.395. The zero-order chi connectivity index (χ0) is 17.8. The van der Waals surface area contributed by atoms with Crippen LogP contribution in [0.5, 0.6) is 0 Å². The Morgan fingerprint density at radius 3 is 2.48 bits per heavy atom. The number of aromatic nitrogens is 2. The van der Waals surface area contributed by atoms with E-state index < -0.39 is 5.82 Å². The topological polar surface area (TPSA) is 64.0 Å². The minimum absolute atomic E-state index is 0.0310. The summed E-state index contributed by atoms with van der Waals surface area (Å²) in [5.74, 6) is -0.688. The number of nitrogens with zero attached hydrogens (tertiary/aromatic N) is 2. The molecule has 126 valence electrons. The van der Waals surface area contributed by atoms with E-state index in [2.05, 4.69) is 10.4 Å². The van der Waals surface area contributed by atoms with Gasteiger partial charge in [0.15, 0.2) is 0 Å².